The molecule has 0 spiro atoms. The summed E-state index contributed by atoms with van der Waals surface area (Å²) < 4.78 is 1.11. The fourth-order valence-corrected chi connectivity index (χ4v) is 1.08. The highest BCUT2D eigenvalue weighted by Crippen LogP contribution is 2.02. The summed E-state index contributed by atoms with van der Waals surface area (Å²) in [6.07, 6.45) is 0. The van der Waals surface area contributed by atoms with Crippen molar-refractivity contribution in [1.82, 2.24) is 0 Å². The van der Waals surface area contributed by atoms with Crippen LogP contribution < -0.4 is 0 Å². The summed E-state index contributed by atoms with van der Waals surface area (Å²) in [6, 6.07) is 10.4. The van der Waals surface area contributed by atoms with E-state index in [4.69, 9.17) is 0 Å². The summed E-state index contributed by atoms with van der Waals surface area (Å²) in [5.74, 6) is 0. The molecule has 2 heteroatoms. The fourth-order valence-electron chi connectivity index (χ4n) is 0.567. The molecule has 0 aromatic heterocycles. The Labute approximate surface area is 79.6 Å². The lowest BCUT2D eigenvalue weighted by atomic mass is 10.2. The minimum absolute atomic E-state index is 0. The molecule has 1 aromatic carbocycles. The second-order valence-electron chi connectivity index (χ2n) is 1.62. The minimum Gasteiger partial charge on any atom is -0.114 e. The Kier molecular flexibility index (Phi) is 5.48. The molecule has 0 amide bonds. The first-order valence-electron chi connectivity index (χ1n) is 2.53. The number of hydrogen-bond acceptors (Lipinski definition) is 0. The van der Waals surface area contributed by atoms with Gasteiger partial charge in [-0.05, 0) is 5.56 Å². The van der Waals surface area contributed by atoms with Gasteiger partial charge in [0, 0.05) is 4.43 Å². The highest BCUT2D eigenvalue weighted by molar-refractivity contribution is 14.1. The molecule has 0 aliphatic heterocycles. The summed E-state index contributed by atoms with van der Waals surface area (Å²) in [5, 5.41) is 0. The van der Waals surface area contributed by atoms with Gasteiger partial charge in [-0.3, -0.25) is 0 Å². The maximum Gasteiger partial charge on any atom is 0.0247 e. The first-order chi connectivity index (χ1) is 3.93. The molecule has 0 fully saturated rings. The van der Waals surface area contributed by atoms with Crippen LogP contribution in [0.15, 0.2) is 30.3 Å². The Bertz CT molecular complexity index is 150. The van der Waals surface area contributed by atoms with E-state index in [1.807, 2.05) is 6.07 Å². The molecule has 50 valence electrons. The maximum atomic E-state index is 2.35. The maximum absolute atomic E-state index is 2.35. The van der Waals surface area contributed by atoms with Gasteiger partial charge in [0.1, 0.15) is 0 Å². The molecule has 0 aliphatic carbocycles. The quantitative estimate of drug-likeness (QED) is 0.552. The van der Waals surface area contributed by atoms with Crippen LogP contribution in [0.4, 0.5) is 0 Å². The molecule has 0 bridgehead atoms. The van der Waals surface area contributed by atoms with Crippen molar-refractivity contribution in [2.45, 2.75) is 4.43 Å². The predicted octanol–water partition coefficient (Wildman–Crippen LogP) is 3.20. The van der Waals surface area contributed by atoms with E-state index in [2.05, 4.69) is 46.9 Å². The molecule has 1 rings (SSSR count). The van der Waals surface area contributed by atoms with Gasteiger partial charge in [0.05, 0.1) is 0 Å². The normalized spacial score (nSPS) is 8.11. The van der Waals surface area contributed by atoms with E-state index >= 15 is 0 Å². The van der Waals surface area contributed by atoms with Gasteiger partial charge in [0.15, 0.2) is 0 Å². The first kappa shape index (κ1) is 9.43. The number of benzene rings is 1. The number of alkyl halides is 1. The van der Waals surface area contributed by atoms with Crippen LogP contribution in [0.2, 0.25) is 0 Å². The Hall–Kier alpha value is 0.430. The van der Waals surface area contributed by atoms with Gasteiger partial charge in [-0.2, -0.15) is 0 Å². The lowest BCUT2D eigenvalue weighted by Gasteiger charge is -1.88. The van der Waals surface area contributed by atoms with Gasteiger partial charge in [-0.25, -0.2) is 0 Å². The van der Waals surface area contributed by atoms with Crippen LogP contribution in [0.1, 0.15) is 5.56 Å². The standard InChI is InChI=1S/C7H7I.BrH/c8-6-7-4-2-1-3-5-7;/h1-5H,6H2;1H. The zero-order chi connectivity index (χ0) is 5.82. The molecule has 0 N–H and O–H groups in total. The second-order valence-corrected chi connectivity index (χ2v) is 2.38. The topological polar surface area (TPSA) is 0 Å². The number of hydrogen-bond donors (Lipinski definition) is 0. The van der Waals surface area contributed by atoms with Gasteiger partial charge >= 0.3 is 0 Å². The van der Waals surface area contributed by atoms with Crippen molar-refractivity contribution in [2.75, 3.05) is 0 Å². The largest absolute Gasteiger partial charge is 0.114 e. The lowest BCUT2D eigenvalue weighted by Crippen LogP contribution is -1.70. The summed E-state index contributed by atoms with van der Waals surface area (Å²) >= 11 is 2.35. The Morgan fingerprint density at radius 1 is 1.11 bits per heavy atom. The van der Waals surface area contributed by atoms with Gasteiger partial charge < -0.3 is 0 Å². The summed E-state index contributed by atoms with van der Waals surface area (Å²) in [4.78, 5) is 0. The highest BCUT2D eigenvalue weighted by atomic mass is 127. The van der Waals surface area contributed by atoms with Crippen LogP contribution in [0.5, 0.6) is 0 Å². The molecule has 0 nitrogen and oxygen atoms in total. The SMILES string of the molecule is Br.ICc1ccccc1. The van der Waals surface area contributed by atoms with E-state index in [0.717, 1.165) is 4.43 Å². The van der Waals surface area contributed by atoms with Crippen LogP contribution in [0.25, 0.3) is 0 Å². The van der Waals surface area contributed by atoms with Crippen LogP contribution >= 0.6 is 39.6 Å². The zero-order valence-electron chi connectivity index (χ0n) is 4.88. The molecule has 9 heavy (non-hydrogen) atoms. The predicted molar refractivity (Wildman–Crippen MR) is 54.5 cm³/mol. The molecule has 0 atom stereocenters. The third kappa shape index (κ3) is 3.20. The van der Waals surface area contributed by atoms with Crippen LogP contribution in [-0.2, 0) is 4.43 Å². The van der Waals surface area contributed by atoms with E-state index in [9.17, 15) is 0 Å². The fraction of sp³-hybridized carbons (Fsp3) is 0.143. The van der Waals surface area contributed by atoms with Gasteiger partial charge in [0.2, 0.25) is 0 Å². The third-order valence-electron chi connectivity index (χ3n) is 0.997. The van der Waals surface area contributed by atoms with E-state index in [1.165, 1.54) is 5.56 Å². The van der Waals surface area contributed by atoms with Crippen LogP contribution in [-0.4, -0.2) is 0 Å². The smallest absolute Gasteiger partial charge is 0.0247 e. The van der Waals surface area contributed by atoms with Crippen molar-refractivity contribution in [1.29, 1.82) is 0 Å². The monoisotopic (exact) mass is 298 g/mol. The van der Waals surface area contributed by atoms with Gasteiger partial charge in [-0.1, -0.05) is 52.9 Å². The molecule has 0 unspecified atom stereocenters. The van der Waals surface area contributed by atoms with Gasteiger partial charge in [-0.15, -0.1) is 17.0 Å². The van der Waals surface area contributed by atoms with Crippen molar-refractivity contribution in [3.63, 3.8) is 0 Å². The van der Waals surface area contributed by atoms with Crippen molar-refractivity contribution >= 4 is 39.6 Å². The van der Waals surface area contributed by atoms with Crippen LogP contribution in [0.3, 0.4) is 0 Å². The number of halogens is 2. The zero-order valence-corrected chi connectivity index (χ0v) is 8.75. The van der Waals surface area contributed by atoms with E-state index in [0.29, 0.717) is 0 Å². The summed E-state index contributed by atoms with van der Waals surface area (Å²) in [5.41, 5.74) is 1.40. The number of rotatable bonds is 1. The van der Waals surface area contributed by atoms with E-state index in [-0.39, 0.29) is 17.0 Å². The van der Waals surface area contributed by atoms with Crippen LogP contribution in [0, 0.1) is 0 Å². The summed E-state index contributed by atoms with van der Waals surface area (Å²) in [6.45, 7) is 0. The lowest BCUT2D eigenvalue weighted by molar-refractivity contribution is 1.46. The van der Waals surface area contributed by atoms with Crippen molar-refractivity contribution in [3.8, 4) is 0 Å². The Morgan fingerprint density at radius 3 is 2.00 bits per heavy atom. The average Bonchev–Trinajstić information content (AvgIpc) is 1.90. The molecular weight excluding hydrogens is 291 g/mol. The van der Waals surface area contributed by atoms with Crippen molar-refractivity contribution in [2.24, 2.45) is 0 Å². The van der Waals surface area contributed by atoms with Gasteiger partial charge in [0.25, 0.3) is 0 Å². The molecule has 1 aromatic rings. The highest BCUT2D eigenvalue weighted by Gasteiger charge is 1.81. The Balaban J connectivity index is 0.000000640. The van der Waals surface area contributed by atoms with E-state index < -0.39 is 0 Å². The molecule has 0 aliphatic rings. The second kappa shape index (κ2) is 5.23. The van der Waals surface area contributed by atoms with Crippen molar-refractivity contribution in [3.05, 3.63) is 35.9 Å². The Morgan fingerprint density at radius 2 is 1.67 bits per heavy atom. The molecular formula is C7H8BrI. The molecule has 0 radical (unpaired) electrons. The third-order valence-corrected chi connectivity index (χ3v) is 1.88. The molecule has 0 heterocycles. The molecule has 0 saturated heterocycles. The van der Waals surface area contributed by atoms with Crippen molar-refractivity contribution < 1.29 is 0 Å². The van der Waals surface area contributed by atoms with E-state index in [1.54, 1.807) is 0 Å². The minimum atomic E-state index is 0. The molecule has 0 saturated carbocycles. The first-order valence-corrected chi connectivity index (χ1v) is 4.06. The summed E-state index contributed by atoms with van der Waals surface area (Å²) in [7, 11) is 0. The average molecular weight is 299 g/mol.